The van der Waals surface area contributed by atoms with Crippen molar-refractivity contribution in [3.63, 3.8) is 0 Å². The van der Waals surface area contributed by atoms with E-state index in [1.807, 2.05) is 0 Å². The van der Waals surface area contributed by atoms with Gasteiger partial charge >= 0.3 is 0 Å². The summed E-state index contributed by atoms with van der Waals surface area (Å²) in [5.41, 5.74) is 14.1. The Balaban J connectivity index is 1.23. The highest BCUT2D eigenvalue weighted by molar-refractivity contribution is 6.12. The van der Waals surface area contributed by atoms with Crippen LogP contribution in [0.3, 0.4) is 0 Å². The first-order chi connectivity index (χ1) is 24.8. The molecule has 0 aliphatic rings. The summed E-state index contributed by atoms with van der Waals surface area (Å²) in [4.78, 5) is 2.36. The van der Waals surface area contributed by atoms with E-state index in [0.717, 1.165) is 22.7 Å². The molecule has 0 aliphatic carbocycles. The maximum Gasteiger partial charge on any atom is 0.0547 e. The molecule has 8 aromatic carbocycles. The summed E-state index contributed by atoms with van der Waals surface area (Å²) in [6, 6.07) is 74.0. The van der Waals surface area contributed by atoms with Gasteiger partial charge in [-0.3, -0.25) is 0 Å². The van der Waals surface area contributed by atoms with E-state index in [4.69, 9.17) is 0 Å². The van der Waals surface area contributed by atoms with Crippen molar-refractivity contribution in [1.29, 1.82) is 0 Å². The van der Waals surface area contributed by atoms with E-state index in [-0.39, 0.29) is 0 Å². The summed E-state index contributed by atoms with van der Waals surface area (Å²) in [6.45, 7) is 0. The number of anilines is 3. The number of aromatic nitrogens is 1. The molecule has 0 aliphatic heterocycles. The molecule has 0 saturated carbocycles. The minimum Gasteiger partial charge on any atom is -0.310 e. The van der Waals surface area contributed by atoms with Crippen molar-refractivity contribution in [3.8, 4) is 39.1 Å². The molecule has 0 saturated heterocycles. The van der Waals surface area contributed by atoms with Crippen LogP contribution in [0.25, 0.3) is 60.9 Å². The molecular formula is C48H34N2. The Bertz CT molecular complexity index is 2550. The fraction of sp³-hybridized carbons (Fsp3) is 0. The molecule has 0 amide bonds. The highest BCUT2D eigenvalue weighted by atomic mass is 15.1. The van der Waals surface area contributed by atoms with Crippen molar-refractivity contribution in [2.75, 3.05) is 4.90 Å². The maximum absolute atomic E-state index is 2.40. The number of rotatable bonds is 7. The van der Waals surface area contributed by atoms with Crippen molar-refractivity contribution >= 4 is 38.9 Å². The van der Waals surface area contributed by atoms with Crippen molar-refractivity contribution < 1.29 is 0 Å². The number of nitrogens with zero attached hydrogens (tertiary/aromatic N) is 2. The maximum atomic E-state index is 2.40. The number of hydrogen-bond donors (Lipinski definition) is 0. The van der Waals surface area contributed by atoms with E-state index in [2.05, 4.69) is 216 Å². The predicted octanol–water partition coefficient (Wildman–Crippen LogP) is 13.3. The van der Waals surface area contributed by atoms with Gasteiger partial charge in [0.15, 0.2) is 0 Å². The molecule has 1 heterocycles. The number of para-hydroxylation sites is 4. The second-order valence-electron chi connectivity index (χ2n) is 12.6. The van der Waals surface area contributed by atoms with Crippen molar-refractivity contribution in [2.24, 2.45) is 0 Å². The van der Waals surface area contributed by atoms with E-state index >= 15 is 0 Å². The Morgan fingerprint density at radius 1 is 0.320 bits per heavy atom. The SMILES string of the molecule is c1ccc(-c2cc3c(cc2-c2ccc(N(c4ccccc4)c4ccccc4-c4ccccc4)cc2)c2ccccc2n3-c2ccccc2)cc1. The Hall–Kier alpha value is -6.64. The quantitative estimate of drug-likeness (QED) is 0.169. The summed E-state index contributed by atoms with van der Waals surface area (Å²) in [5.74, 6) is 0. The summed E-state index contributed by atoms with van der Waals surface area (Å²) in [7, 11) is 0. The molecule has 0 radical (unpaired) electrons. The third-order valence-corrected chi connectivity index (χ3v) is 9.59. The van der Waals surface area contributed by atoms with Gasteiger partial charge in [-0.1, -0.05) is 146 Å². The molecule has 0 bridgehead atoms. The Morgan fingerprint density at radius 2 is 0.820 bits per heavy atom. The molecule has 50 heavy (non-hydrogen) atoms. The van der Waals surface area contributed by atoms with Gasteiger partial charge in [-0.15, -0.1) is 0 Å². The lowest BCUT2D eigenvalue weighted by Gasteiger charge is -2.28. The van der Waals surface area contributed by atoms with Crippen LogP contribution in [0.4, 0.5) is 17.1 Å². The van der Waals surface area contributed by atoms with E-state index in [9.17, 15) is 0 Å². The first kappa shape index (κ1) is 29.5. The van der Waals surface area contributed by atoms with Gasteiger partial charge in [-0.2, -0.15) is 0 Å². The van der Waals surface area contributed by atoms with Crippen LogP contribution in [0.2, 0.25) is 0 Å². The zero-order chi connectivity index (χ0) is 33.3. The third kappa shape index (κ3) is 5.24. The number of hydrogen-bond acceptors (Lipinski definition) is 1. The fourth-order valence-electron chi connectivity index (χ4n) is 7.29. The van der Waals surface area contributed by atoms with Gasteiger partial charge in [-0.05, 0) is 88.5 Å². The zero-order valence-electron chi connectivity index (χ0n) is 27.5. The standard InChI is InChI=1S/C48H34N2/c1-5-17-35(18-6-1)41-25-13-15-27-46(41)49(38-21-9-3-10-22-38)40-31-29-37(30-32-40)43-33-45-42-26-14-16-28-47(42)50(39-23-11-4-12-24-39)48(45)34-44(43)36-19-7-2-8-20-36/h1-34H. The predicted molar refractivity (Wildman–Crippen MR) is 212 cm³/mol. The number of benzene rings is 8. The molecule has 0 fully saturated rings. The monoisotopic (exact) mass is 638 g/mol. The summed E-state index contributed by atoms with van der Waals surface area (Å²) in [6.07, 6.45) is 0. The van der Waals surface area contributed by atoms with Gasteiger partial charge in [-0.25, -0.2) is 0 Å². The van der Waals surface area contributed by atoms with Crippen LogP contribution >= 0.6 is 0 Å². The fourth-order valence-corrected chi connectivity index (χ4v) is 7.29. The van der Waals surface area contributed by atoms with E-state index in [1.54, 1.807) is 0 Å². The van der Waals surface area contributed by atoms with Gasteiger partial charge in [0.25, 0.3) is 0 Å². The average Bonchev–Trinajstić information content (AvgIpc) is 3.53. The van der Waals surface area contributed by atoms with Crippen molar-refractivity contribution in [1.82, 2.24) is 4.57 Å². The van der Waals surface area contributed by atoms with Crippen LogP contribution in [-0.2, 0) is 0 Å². The zero-order valence-corrected chi connectivity index (χ0v) is 27.5. The highest BCUT2D eigenvalue weighted by Crippen LogP contribution is 2.44. The van der Waals surface area contributed by atoms with Gasteiger partial charge < -0.3 is 9.47 Å². The molecule has 0 atom stereocenters. The van der Waals surface area contributed by atoms with Crippen LogP contribution in [0.15, 0.2) is 206 Å². The summed E-state index contributed by atoms with van der Waals surface area (Å²) >= 11 is 0. The molecule has 9 rings (SSSR count). The van der Waals surface area contributed by atoms with Gasteiger partial charge in [0.2, 0.25) is 0 Å². The number of fused-ring (bicyclic) bond motifs is 3. The van der Waals surface area contributed by atoms with Crippen LogP contribution in [0, 0.1) is 0 Å². The van der Waals surface area contributed by atoms with Crippen molar-refractivity contribution in [2.45, 2.75) is 0 Å². The second-order valence-corrected chi connectivity index (χ2v) is 12.6. The third-order valence-electron chi connectivity index (χ3n) is 9.59. The molecule has 0 spiro atoms. The Kier molecular flexibility index (Phi) is 7.53. The Labute approximate surface area is 292 Å². The van der Waals surface area contributed by atoms with Gasteiger partial charge in [0, 0.05) is 33.4 Å². The molecule has 2 heteroatoms. The molecule has 0 unspecified atom stereocenters. The smallest absolute Gasteiger partial charge is 0.0547 e. The van der Waals surface area contributed by atoms with Crippen LogP contribution in [0.1, 0.15) is 0 Å². The highest BCUT2D eigenvalue weighted by Gasteiger charge is 2.19. The molecule has 1 aromatic heterocycles. The van der Waals surface area contributed by atoms with E-state index < -0.39 is 0 Å². The molecule has 0 N–H and O–H groups in total. The second kappa shape index (κ2) is 12.8. The van der Waals surface area contributed by atoms with E-state index in [1.165, 1.54) is 55.2 Å². The molecular weight excluding hydrogens is 605 g/mol. The normalized spacial score (nSPS) is 11.2. The lowest BCUT2D eigenvalue weighted by Crippen LogP contribution is -2.11. The molecule has 9 aromatic rings. The summed E-state index contributed by atoms with van der Waals surface area (Å²) < 4.78 is 2.39. The lowest BCUT2D eigenvalue weighted by atomic mass is 9.92. The first-order valence-electron chi connectivity index (χ1n) is 17.1. The van der Waals surface area contributed by atoms with Crippen molar-refractivity contribution in [3.05, 3.63) is 206 Å². The van der Waals surface area contributed by atoms with E-state index in [0.29, 0.717) is 0 Å². The lowest BCUT2D eigenvalue weighted by molar-refractivity contribution is 1.18. The largest absolute Gasteiger partial charge is 0.310 e. The molecule has 236 valence electrons. The van der Waals surface area contributed by atoms with Crippen LogP contribution < -0.4 is 4.90 Å². The van der Waals surface area contributed by atoms with Crippen LogP contribution in [-0.4, -0.2) is 4.57 Å². The minimum atomic E-state index is 1.10. The van der Waals surface area contributed by atoms with Crippen LogP contribution in [0.5, 0.6) is 0 Å². The van der Waals surface area contributed by atoms with Gasteiger partial charge in [0.05, 0.1) is 16.7 Å². The molecule has 2 nitrogen and oxygen atoms in total. The Morgan fingerprint density at radius 3 is 1.52 bits per heavy atom. The summed E-state index contributed by atoms with van der Waals surface area (Å²) in [5, 5.41) is 2.49. The first-order valence-corrected chi connectivity index (χ1v) is 17.1. The minimum absolute atomic E-state index is 1.10. The van der Waals surface area contributed by atoms with Gasteiger partial charge in [0.1, 0.15) is 0 Å². The topological polar surface area (TPSA) is 8.17 Å². The average molecular weight is 639 g/mol.